The van der Waals surface area contributed by atoms with Gasteiger partial charge in [-0.15, -0.1) is 0 Å². The first kappa shape index (κ1) is 12.2. The number of rotatable bonds is 2. The van der Waals surface area contributed by atoms with Gasteiger partial charge in [0, 0.05) is 12.1 Å². The van der Waals surface area contributed by atoms with Crippen molar-refractivity contribution in [2.75, 3.05) is 5.01 Å². The third-order valence-electron chi connectivity index (χ3n) is 3.09. The summed E-state index contributed by atoms with van der Waals surface area (Å²) in [4.78, 5) is 14.8. The van der Waals surface area contributed by atoms with Gasteiger partial charge in [-0.3, -0.25) is 20.5 Å². The molecule has 20 heavy (non-hydrogen) atoms. The van der Waals surface area contributed by atoms with E-state index in [1.807, 2.05) is 35.3 Å². The minimum atomic E-state index is -0.399. The molecular formula is C14H12N4O2. The Morgan fingerprint density at radius 2 is 2.05 bits per heavy atom. The van der Waals surface area contributed by atoms with E-state index in [-0.39, 0.29) is 5.69 Å². The Balaban J connectivity index is 1.94. The van der Waals surface area contributed by atoms with Crippen molar-refractivity contribution >= 4 is 23.4 Å². The molecule has 1 N–H and O–H groups in total. The van der Waals surface area contributed by atoms with Crippen LogP contribution in [-0.4, -0.2) is 11.3 Å². The van der Waals surface area contributed by atoms with E-state index in [9.17, 15) is 10.1 Å². The van der Waals surface area contributed by atoms with Crippen molar-refractivity contribution in [1.29, 1.82) is 0 Å². The van der Waals surface area contributed by atoms with Crippen LogP contribution in [0.3, 0.4) is 0 Å². The van der Waals surface area contributed by atoms with E-state index in [0.717, 1.165) is 16.9 Å². The molecule has 1 aliphatic heterocycles. The van der Waals surface area contributed by atoms with Crippen LogP contribution in [0.1, 0.15) is 5.56 Å². The molecular weight excluding hydrogens is 256 g/mol. The van der Waals surface area contributed by atoms with E-state index < -0.39 is 4.92 Å². The summed E-state index contributed by atoms with van der Waals surface area (Å²) in [6.07, 6.45) is 1.59. The molecule has 0 atom stereocenters. The van der Waals surface area contributed by atoms with Crippen molar-refractivity contribution in [3.05, 3.63) is 64.2 Å². The summed E-state index contributed by atoms with van der Waals surface area (Å²) in [7, 11) is 0. The number of para-hydroxylation sites is 1. The number of nitro groups is 1. The van der Waals surface area contributed by atoms with E-state index in [4.69, 9.17) is 0 Å². The van der Waals surface area contributed by atoms with Gasteiger partial charge in [0.1, 0.15) is 6.34 Å². The maximum atomic E-state index is 10.8. The van der Waals surface area contributed by atoms with Gasteiger partial charge in [-0.2, -0.15) is 0 Å². The van der Waals surface area contributed by atoms with Crippen LogP contribution in [0.4, 0.5) is 17.1 Å². The maximum absolute atomic E-state index is 10.8. The lowest BCUT2D eigenvalue weighted by atomic mass is 10.1. The largest absolute Gasteiger partial charge is 0.287 e. The predicted octanol–water partition coefficient (Wildman–Crippen LogP) is 2.78. The average Bonchev–Trinajstić information content (AvgIpc) is 2.69. The van der Waals surface area contributed by atoms with Crippen LogP contribution in [0.25, 0.3) is 0 Å². The minimum Gasteiger partial charge on any atom is -0.287 e. The number of anilines is 1. The molecule has 1 heterocycles. The molecule has 0 unspecified atom stereocenters. The van der Waals surface area contributed by atoms with E-state index in [2.05, 4.69) is 10.4 Å². The van der Waals surface area contributed by atoms with Gasteiger partial charge in [0.25, 0.3) is 5.69 Å². The molecule has 1 aliphatic rings. The number of non-ortho nitro benzene ring substituents is 1. The molecule has 0 aromatic heterocycles. The van der Waals surface area contributed by atoms with Crippen LogP contribution in [-0.2, 0) is 6.54 Å². The Hall–Kier alpha value is -2.89. The third-order valence-corrected chi connectivity index (χ3v) is 3.09. The average molecular weight is 268 g/mol. The van der Waals surface area contributed by atoms with Crippen LogP contribution in [0, 0.1) is 10.1 Å². The van der Waals surface area contributed by atoms with Crippen LogP contribution in [0.5, 0.6) is 0 Å². The number of nitrogens with one attached hydrogen (secondary N) is 1. The van der Waals surface area contributed by atoms with Crippen molar-refractivity contribution < 1.29 is 4.92 Å². The fraction of sp³-hybridized carbons (Fsp3) is 0.0714. The van der Waals surface area contributed by atoms with Gasteiger partial charge in [-0.05, 0) is 17.7 Å². The molecule has 6 nitrogen and oxygen atoms in total. The number of nitrogens with zero attached hydrogens (tertiary/aromatic N) is 3. The highest BCUT2D eigenvalue weighted by molar-refractivity contribution is 5.68. The first-order chi connectivity index (χ1) is 9.74. The molecule has 0 saturated carbocycles. The van der Waals surface area contributed by atoms with E-state index in [1.165, 1.54) is 12.1 Å². The Kier molecular flexibility index (Phi) is 3.04. The smallest absolute Gasteiger partial charge is 0.271 e. The maximum Gasteiger partial charge on any atom is 0.271 e. The van der Waals surface area contributed by atoms with E-state index in [0.29, 0.717) is 6.54 Å². The van der Waals surface area contributed by atoms with Crippen LogP contribution >= 0.6 is 0 Å². The SMILES string of the molecule is O=[N+]([O-])c1cccc(N2Cc3ccccc3N=CN2)c1. The van der Waals surface area contributed by atoms with Crippen LogP contribution < -0.4 is 10.4 Å². The van der Waals surface area contributed by atoms with Gasteiger partial charge in [0.2, 0.25) is 0 Å². The van der Waals surface area contributed by atoms with Gasteiger partial charge in [0.05, 0.1) is 22.8 Å². The lowest BCUT2D eigenvalue weighted by Crippen LogP contribution is -2.35. The summed E-state index contributed by atoms with van der Waals surface area (Å²) < 4.78 is 0. The molecule has 0 bridgehead atoms. The lowest BCUT2D eigenvalue weighted by molar-refractivity contribution is -0.384. The van der Waals surface area contributed by atoms with Gasteiger partial charge in [-0.1, -0.05) is 24.3 Å². The first-order valence-corrected chi connectivity index (χ1v) is 6.12. The van der Waals surface area contributed by atoms with Crippen LogP contribution in [0.2, 0.25) is 0 Å². The standard InChI is InChI=1S/C14H12N4O2/c19-18(20)13-6-3-5-12(8-13)17-9-11-4-1-2-7-14(11)15-10-16-17/h1-8,10H,9H2,(H,15,16). The van der Waals surface area contributed by atoms with Gasteiger partial charge < -0.3 is 0 Å². The number of hydrogen-bond acceptors (Lipinski definition) is 5. The number of hydrogen-bond donors (Lipinski definition) is 1. The van der Waals surface area contributed by atoms with E-state index >= 15 is 0 Å². The fourth-order valence-electron chi connectivity index (χ4n) is 2.09. The van der Waals surface area contributed by atoms with Gasteiger partial charge in [-0.25, -0.2) is 4.99 Å². The van der Waals surface area contributed by atoms with Gasteiger partial charge >= 0.3 is 0 Å². The molecule has 2 aromatic rings. The molecule has 0 spiro atoms. The Morgan fingerprint density at radius 1 is 1.20 bits per heavy atom. The van der Waals surface area contributed by atoms with E-state index in [1.54, 1.807) is 12.4 Å². The molecule has 6 heteroatoms. The zero-order valence-corrected chi connectivity index (χ0v) is 10.6. The summed E-state index contributed by atoms with van der Waals surface area (Å²) in [6, 6.07) is 14.3. The number of hydrazine groups is 1. The lowest BCUT2D eigenvalue weighted by Gasteiger charge is -2.22. The third kappa shape index (κ3) is 2.31. The summed E-state index contributed by atoms with van der Waals surface area (Å²) in [5.74, 6) is 0. The summed E-state index contributed by atoms with van der Waals surface area (Å²) in [6.45, 7) is 0.581. The molecule has 100 valence electrons. The molecule has 0 amide bonds. The second-order valence-corrected chi connectivity index (χ2v) is 4.38. The number of nitro benzene ring substituents is 1. The Morgan fingerprint density at radius 3 is 2.90 bits per heavy atom. The molecule has 0 fully saturated rings. The zero-order valence-electron chi connectivity index (χ0n) is 10.6. The molecule has 0 radical (unpaired) electrons. The minimum absolute atomic E-state index is 0.0683. The number of aliphatic imine (C=N–C) groups is 1. The van der Waals surface area contributed by atoms with Gasteiger partial charge in [0.15, 0.2) is 0 Å². The summed E-state index contributed by atoms with van der Waals surface area (Å²) >= 11 is 0. The van der Waals surface area contributed by atoms with Crippen molar-refractivity contribution in [3.8, 4) is 0 Å². The highest BCUT2D eigenvalue weighted by atomic mass is 16.6. The summed E-state index contributed by atoms with van der Waals surface area (Å²) in [5.41, 5.74) is 5.77. The molecule has 0 saturated heterocycles. The molecule has 0 aliphatic carbocycles. The quantitative estimate of drug-likeness (QED) is 0.671. The highest BCUT2D eigenvalue weighted by Gasteiger charge is 2.14. The Bertz CT molecular complexity index is 684. The monoisotopic (exact) mass is 268 g/mol. The zero-order chi connectivity index (χ0) is 13.9. The fourth-order valence-corrected chi connectivity index (χ4v) is 2.09. The van der Waals surface area contributed by atoms with Crippen molar-refractivity contribution in [3.63, 3.8) is 0 Å². The topological polar surface area (TPSA) is 70.8 Å². The first-order valence-electron chi connectivity index (χ1n) is 6.12. The van der Waals surface area contributed by atoms with Crippen molar-refractivity contribution in [2.24, 2.45) is 4.99 Å². The highest BCUT2D eigenvalue weighted by Crippen LogP contribution is 2.26. The molecule has 3 rings (SSSR count). The molecule has 2 aromatic carbocycles. The Labute approximate surface area is 115 Å². The second-order valence-electron chi connectivity index (χ2n) is 4.38. The second kappa shape index (κ2) is 5.00. The summed E-state index contributed by atoms with van der Waals surface area (Å²) in [5, 5.41) is 12.7. The normalized spacial score (nSPS) is 13.3. The predicted molar refractivity (Wildman–Crippen MR) is 77.0 cm³/mol. The van der Waals surface area contributed by atoms with Crippen LogP contribution in [0.15, 0.2) is 53.5 Å². The number of benzene rings is 2. The number of fused-ring (bicyclic) bond motifs is 1. The van der Waals surface area contributed by atoms with Crippen molar-refractivity contribution in [2.45, 2.75) is 6.54 Å². The van der Waals surface area contributed by atoms with Crippen molar-refractivity contribution in [1.82, 2.24) is 5.43 Å².